The Morgan fingerprint density at radius 2 is 2.33 bits per heavy atom. The molecule has 96 valence electrons. The molecule has 2 rings (SSSR count). The van der Waals surface area contributed by atoms with Crippen LogP contribution in [-0.4, -0.2) is 9.78 Å². The van der Waals surface area contributed by atoms with Crippen molar-refractivity contribution < 1.29 is 0 Å². The van der Waals surface area contributed by atoms with Crippen LogP contribution in [0.15, 0.2) is 35.1 Å². The number of aromatic nitrogens is 2. The smallest absolute Gasteiger partial charge is 0.0522 e. The molecule has 3 N–H and O–H groups in total. The van der Waals surface area contributed by atoms with Gasteiger partial charge in [-0.25, -0.2) is 0 Å². The first-order chi connectivity index (χ1) is 8.60. The predicted octanol–water partition coefficient (Wildman–Crippen LogP) is 2.58. The fourth-order valence-electron chi connectivity index (χ4n) is 1.86. The summed E-state index contributed by atoms with van der Waals surface area (Å²) in [6.45, 7) is 0. The molecule has 0 spiro atoms. The van der Waals surface area contributed by atoms with Crippen LogP contribution >= 0.6 is 27.5 Å². The summed E-state index contributed by atoms with van der Waals surface area (Å²) in [6, 6.07) is 5.70. The van der Waals surface area contributed by atoms with Crippen LogP contribution in [0.25, 0.3) is 0 Å². The van der Waals surface area contributed by atoms with Gasteiger partial charge >= 0.3 is 0 Å². The van der Waals surface area contributed by atoms with E-state index >= 15 is 0 Å². The molecule has 6 heteroatoms. The van der Waals surface area contributed by atoms with Gasteiger partial charge in [0.2, 0.25) is 0 Å². The Balaban J connectivity index is 2.22. The average Bonchev–Trinajstić information content (AvgIpc) is 2.72. The second-order valence-electron chi connectivity index (χ2n) is 4.11. The van der Waals surface area contributed by atoms with E-state index in [1.165, 1.54) is 0 Å². The summed E-state index contributed by atoms with van der Waals surface area (Å²) in [6.07, 6.45) is 4.59. The van der Waals surface area contributed by atoms with Crippen LogP contribution in [0.2, 0.25) is 5.02 Å². The van der Waals surface area contributed by atoms with Crippen molar-refractivity contribution in [3.05, 3.63) is 51.2 Å². The topological polar surface area (TPSA) is 55.9 Å². The fourth-order valence-corrected chi connectivity index (χ4v) is 2.81. The van der Waals surface area contributed by atoms with Crippen molar-refractivity contribution in [1.29, 1.82) is 0 Å². The Bertz CT molecular complexity index is 541. The molecule has 0 aliphatic heterocycles. The van der Waals surface area contributed by atoms with Gasteiger partial charge in [0.1, 0.15) is 0 Å². The lowest BCUT2D eigenvalue weighted by atomic mass is 10.0. The summed E-state index contributed by atoms with van der Waals surface area (Å²) in [5.41, 5.74) is 5.03. The third kappa shape index (κ3) is 3.11. The highest BCUT2D eigenvalue weighted by atomic mass is 79.9. The highest BCUT2D eigenvalue weighted by Crippen LogP contribution is 2.28. The molecule has 0 aliphatic rings. The van der Waals surface area contributed by atoms with E-state index in [-0.39, 0.29) is 6.04 Å². The van der Waals surface area contributed by atoms with Crippen LogP contribution in [0.3, 0.4) is 0 Å². The number of benzene rings is 1. The SMILES string of the molecule is Cn1cc(CC(NN)c2ccc(Cl)cc2Br)cn1. The van der Waals surface area contributed by atoms with E-state index in [0.29, 0.717) is 5.02 Å². The molecule has 1 unspecified atom stereocenters. The van der Waals surface area contributed by atoms with Crippen molar-refractivity contribution in [1.82, 2.24) is 15.2 Å². The van der Waals surface area contributed by atoms with E-state index in [2.05, 4.69) is 26.5 Å². The number of aryl methyl sites for hydroxylation is 1. The molecule has 0 amide bonds. The number of hydrogen-bond acceptors (Lipinski definition) is 3. The van der Waals surface area contributed by atoms with Gasteiger partial charge in [-0.05, 0) is 29.7 Å². The van der Waals surface area contributed by atoms with Gasteiger partial charge in [-0.2, -0.15) is 5.10 Å². The maximum atomic E-state index is 5.93. The van der Waals surface area contributed by atoms with Crippen molar-refractivity contribution in [2.45, 2.75) is 12.5 Å². The van der Waals surface area contributed by atoms with Gasteiger partial charge in [0.05, 0.1) is 12.2 Å². The number of nitrogens with two attached hydrogens (primary N) is 1. The highest BCUT2D eigenvalue weighted by Gasteiger charge is 2.14. The van der Waals surface area contributed by atoms with E-state index in [4.69, 9.17) is 17.4 Å². The maximum absolute atomic E-state index is 5.93. The Kier molecular flexibility index (Phi) is 4.40. The Morgan fingerprint density at radius 1 is 1.56 bits per heavy atom. The maximum Gasteiger partial charge on any atom is 0.0522 e. The Labute approximate surface area is 119 Å². The molecule has 0 saturated heterocycles. The van der Waals surface area contributed by atoms with Crippen LogP contribution in [0.5, 0.6) is 0 Å². The monoisotopic (exact) mass is 328 g/mol. The highest BCUT2D eigenvalue weighted by molar-refractivity contribution is 9.10. The minimum Gasteiger partial charge on any atom is -0.276 e. The van der Waals surface area contributed by atoms with Crippen molar-refractivity contribution in [2.24, 2.45) is 12.9 Å². The number of halogens is 2. The van der Waals surface area contributed by atoms with Gasteiger partial charge in [0.15, 0.2) is 0 Å². The third-order valence-corrected chi connectivity index (χ3v) is 3.66. The molecular formula is C12H14BrClN4. The Hall–Kier alpha value is -0.880. The number of nitrogens with one attached hydrogen (secondary N) is 1. The first-order valence-corrected chi connectivity index (χ1v) is 6.66. The van der Waals surface area contributed by atoms with Gasteiger partial charge in [-0.3, -0.25) is 16.0 Å². The van der Waals surface area contributed by atoms with E-state index in [1.54, 1.807) is 4.68 Å². The molecular weight excluding hydrogens is 316 g/mol. The third-order valence-electron chi connectivity index (χ3n) is 2.74. The lowest BCUT2D eigenvalue weighted by Gasteiger charge is -2.17. The first kappa shape index (κ1) is 13.5. The Morgan fingerprint density at radius 3 is 2.89 bits per heavy atom. The largest absolute Gasteiger partial charge is 0.276 e. The summed E-state index contributed by atoms with van der Waals surface area (Å²) in [5.74, 6) is 5.64. The van der Waals surface area contributed by atoms with E-state index < -0.39 is 0 Å². The molecule has 1 aromatic carbocycles. The number of rotatable bonds is 4. The molecule has 18 heavy (non-hydrogen) atoms. The molecule has 1 heterocycles. The van der Waals surface area contributed by atoms with Crippen LogP contribution in [0.1, 0.15) is 17.2 Å². The van der Waals surface area contributed by atoms with E-state index in [9.17, 15) is 0 Å². The van der Waals surface area contributed by atoms with Gasteiger partial charge in [-0.1, -0.05) is 33.6 Å². The number of hydrazine groups is 1. The van der Waals surface area contributed by atoms with Gasteiger partial charge in [0.25, 0.3) is 0 Å². The fraction of sp³-hybridized carbons (Fsp3) is 0.250. The molecule has 1 aromatic heterocycles. The van der Waals surface area contributed by atoms with Crippen LogP contribution in [0, 0.1) is 0 Å². The van der Waals surface area contributed by atoms with Crippen molar-refractivity contribution in [2.75, 3.05) is 0 Å². The number of hydrogen-bond donors (Lipinski definition) is 2. The average molecular weight is 330 g/mol. The van der Waals surface area contributed by atoms with Gasteiger partial charge in [0, 0.05) is 22.7 Å². The van der Waals surface area contributed by atoms with Crippen LogP contribution in [0.4, 0.5) is 0 Å². The van der Waals surface area contributed by atoms with Crippen LogP contribution in [-0.2, 0) is 13.5 Å². The quantitative estimate of drug-likeness (QED) is 0.669. The van der Waals surface area contributed by atoms with Crippen molar-refractivity contribution in [3.8, 4) is 0 Å². The standard InChI is InChI=1S/C12H14BrClN4/c1-18-7-8(6-16-18)4-12(17-15)10-3-2-9(14)5-11(10)13/h2-3,5-7,12,17H,4,15H2,1H3. The number of nitrogens with zero attached hydrogens (tertiary/aromatic N) is 2. The zero-order valence-corrected chi connectivity index (χ0v) is 12.2. The summed E-state index contributed by atoms with van der Waals surface area (Å²) < 4.78 is 2.72. The van der Waals surface area contributed by atoms with E-state index in [1.807, 2.05) is 37.6 Å². The summed E-state index contributed by atoms with van der Waals surface area (Å²) in [7, 11) is 1.90. The van der Waals surface area contributed by atoms with Gasteiger partial charge in [-0.15, -0.1) is 0 Å². The lowest BCUT2D eigenvalue weighted by molar-refractivity contribution is 0.550. The summed E-state index contributed by atoms with van der Waals surface area (Å²) >= 11 is 9.44. The zero-order valence-electron chi connectivity index (χ0n) is 9.90. The van der Waals surface area contributed by atoms with Crippen molar-refractivity contribution >= 4 is 27.5 Å². The summed E-state index contributed by atoms with van der Waals surface area (Å²) in [5, 5.41) is 4.85. The van der Waals surface area contributed by atoms with Crippen LogP contribution < -0.4 is 11.3 Å². The molecule has 0 bridgehead atoms. The second-order valence-corrected chi connectivity index (χ2v) is 5.40. The molecule has 0 aliphatic carbocycles. The zero-order chi connectivity index (χ0) is 13.1. The molecule has 0 fully saturated rings. The lowest BCUT2D eigenvalue weighted by Crippen LogP contribution is -2.29. The first-order valence-electron chi connectivity index (χ1n) is 5.48. The van der Waals surface area contributed by atoms with Crippen molar-refractivity contribution in [3.63, 3.8) is 0 Å². The predicted molar refractivity (Wildman–Crippen MR) is 76.1 cm³/mol. The molecule has 2 aromatic rings. The van der Waals surface area contributed by atoms with Gasteiger partial charge < -0.3 is 0 Å². The molecule has 1 atom stereocenters. The minimum atomic E-state index is 0.0147. The second kappa shape index (κ2) is 5.84. The normalized spacial score (nSPS) is 12.7. The minimum absolute atomic E-state index is 0.0147. The van der Waals surface area contributed by atoms with E-state index in [0.717, 1.165) is 22.0 Å². The summed E-state index contributed by atoms with van der Waals surface area (Å²) in [4.78, 5) is 0. The molecule has 4 nitrogen and oxygen atoms in total. The molecule has 0 radical (unpaired) electrons. The molecule has 0 saturated carbocycles.